The lowest BCUT2D eigenvalue weighted by atomic mass is 10.2. The topological polar surface area (TPSA) is 82.5 Å². The van der Waals surface area contributed by atoms with E-state index in [1.165, 1.54) is 11.8 Å². The molecule has 1 aromatic carbocycles. The number of tetrazole rings is 1. The molecule has 3 aromatic rings. The molecule has 3 rings (SSSR count). The molecule has 20 heavy (non-hydrogen) atoms. The van der Waals surface area contributed by atoms with Crippen molar-refractivity contribution in [2.24, 2.45) is 7.05 Å². The van der Waals surface area contributed by atoms with E-state index in [2.05, 4.69) is 41.6 Å². The summed E-state index contributed by atoms with van der Waals surface area (Å²) in [5.74, 6) is 1.63. The van der Waals surface area contributed by atoms with Gasteiger partial charge in [0.05, 0.1) is 5.75 Å². The number of aryl methyl sites for hydroxylation is 1. The monoisotopic (exact) mass is 352 g/mol. The van der Waals surface area contributed by atoms with Gasteiger partial charge in [-0.2, -0.15) is 4.98 Å². The van der Waals surface area contributed by atoms with Crippen LogP contribution in [0.1, 0.15) is 5.89 Å². The van der Waals surface area contributed by atoms with E-state index in [1.807, 2.05) is 24.3 Å². The fraction of sp³-hybridized carbons (Fsp3) is 0.182. The van der Waals surface area contributed by atoms with E-state index in [0.717, 1.165) is 10.0 Å². The Labute approximate surface area is 126 Å². The van der Waals surface area contributed by atoms with Crippen LogP contribution in [0.15, 0.2) is 38.4 Å². The highest BCUT2D eigenvalue weighted by Gasteiger charge is 2.11. The summed E-state index contributed by atoms with van der Waals surface area (Å²) in [5, 5.41) is 15.9. The Morgan fingerprint density at radius 2 is 2.30 bits per heavy atom. The molecule has 0 saturated carbocycles. The summed E-state index contributed by atoms with van der Waals surface area (Å²) in [6.45, 7) is 0. The molecule has 0 radical (unpaired) electrons. The second kappa shape index (κ2) is 5.71. The first-order chi connectivity index (χ1) is 9.72. The van der Waals surface area contributed by atoms with Gasteiger partial charge in [-0.05, 0) is 22.6 Å². The summed E-state index contributed by atoms with van der Waals surface area (Å²) < 4.78 is 7.79. The van der Waals surface area contributed by atoms with Gasteiger partial charge in [0.15, 0.2) is 0 Å². The zero-order valence-electron chi connectivity index (χ0n) is 10.4. The highest BCUT2D eigenvalue weighted by atomic mass is 79.9. The van der Waals surface area contributed by atoms with Gasteiger partial charge in [0.25, 0.3) is 0 Å². The standard InChI is InChI=1S/C11H9BrN6OS/c1-18-11(14-16-17-18)20-6-9-13-10(15-19-9)7-3-2-4-8(12)5-7/h2-5H,6H2,1H3. The van der Waals surface area contributed by atoms with Gasteiger partial charge in [-0.3, -0.25) is 0 Å². The van der Waals surface area contributed by atoms with Gasteiger partial charge in [0, 0.05) is 17.1 Å². The normalized spacial score (nSPS) is 10.9. The molecule has 9 heteroatoms. The maximum Gasteiger partial charge on any atom is 0.237 e. The van der Waals surface area contributed by atoms with Crippen LogP contribution >= 0.6 is 27.7 Å². The van der Waals surface area contributed by atoms with Gasteiger partial charge in [-0.25, -0.2) is 4.68 Å². The molecule has 0 fully saturated rings. The summed E-state index contributed by atoms with van der Waals surface area (Å²) in [6, 6.07) is 7.74. The van der Waals surface area contributed by atoms with Crippen molar-refractivity contribution in [2.45, 2.75) is 10.9 Å². The van der Waals surface area contributed by atoms with E-state index in [0.29, 0.717) is 22.6 Å². The van der Waals surface area contributed by atoms with Crippen LogP contribution in [0.3, 0.4) is 0 Å². The molecule has 0 aliphatic heterocycles. The van der Waals surface area contributed by atoms with Gasteiger partial charge in [0.1, 0.15) is 0 Å². The van der Waals surface area contributed by atoms with Gasteiger partial charge >= 0.3 is 0 Å². The number of benzene rings is 1. The molecule has 0 aliphatic carbocycles. The van der Waals surface area contributed by atoms with Crippen molar-refractivity contribution in [1.29, 1.82) is 0 Å². The van der Waals surface area contributed by atoms with E-state index in [4.69, 9.17) is 4.52 Å². The fourth-order valence-electron chi connectivity index (χ4n) is 1.53. The Hall–Kier alpha value is -1.74. The molecule has 0 saturated heterocycles. The largest absolute Gasteiger partial charge is 0.338 e. The van der Waals surface area contributed by atoms with E-state index < -0.39 is 0 Å². The SMILES string of the molecule is Cn1nnnc1SCc1nc(-c2cccc(Br)c2)no1. The predicted molar refractivity (Wildman–Crippen MR) is 75.8 cm³/mol. The van der Waals surface area contributed by atoms with Crippen LogP contribution in [0.2, 0.25) is 0 Å². The minimum absolute atomic E-state index is 0.523. The minimum atomic E-state index is 0.523. The number of halogens is 1. The van der Waals surface area contributed by atoms with Crippen molar-refractivity contribution >= 4 is 27.7 Å². The van der Waals surface area contributed by atoms with Crippen molar-refractivity contribution in [3.05, 3.63) is 34.6 Å². The number of nitrogens with zero attached hydrogens (tertiary/aromatic N) is 6. The Balaban J connectivity index is 1.72. The molecule has 2 heterocycles. The molecular formula is C11H9BrN6OS. The van der Waals surface area contributed by atoms with Crippen molar-refractivity contribution < 1.29 is 4.52 Å². The summed E-state index contributed by atoms with van der Waals surface area (Å²) in [6.07, 6.45) is 0. The maximum atomic E-state index is 5.22. The summed E-state index contributed by atoms with van der Waals surface area (Å²) >= 11 is 4.86. The molecule has 0 bridgehead atoms. The van der Waals surface area contributed by atoms with E-state index in [1.54, 1.807) is 11.7 Å². The van der Waals surface area contributed by atoms with Crippen LogP contribution in [-0.2, 0) is 12.8 Å². The van der Waals surface area contributed by atoms with E-state index in [9.17, 15) is 0 Å². The molecule has 2 aromatic heterocycles. The average Bonchev–Trinajstić information content (AvgIpc) is 3.05. The molecule has 0 aliphatic rings. The Morgan fingerprint density at radius 3 is 3.05 bits per heavy atom. The van der Waals surface area contributed by atoms with E-state index >= 15 is 0 Å². The number of aromatic nitrogens is 6. The summed E-state index contributed by atoms with van der Waals surface area (Å²) in [4.78, 5) is 4.35. The smallest absolute Gasteiger partial charge is 0.237 e. The average molecular weight is 353 g/mol. The third kappa shape index (κ3) is 2.88. The van der Waals surface area contributed by atoms with Crippen LogP contribution in [0, 0.1) is 0 Å². The van der Waals surface area contributed by atoms with Gasteiger partial charge in [0.2, 0.25) is 16.9 Å². The van der Waals surface area contributed by atoms with Crippen molar-refractivity contribution in [1.82, 2.24) is 30.3 Å². The molecule has 0 atom stereocenters. The molecule has 0 unspecified atom stereocenters. The quantitative estimate of drug-likeness (QED) is 0.666. The molecule has 7 nitrogen and oxygen atoms in total. The second-order valence-electron chi connectivity index (χ2n) is 3.90. The molecule has 0 amide bonds. The number of hydrogen-bond acceptors (Lipinski definition) is 7. The Morgan fingerprint density at radius 1 is 1.40 bits per heavy atom. The van der Waals surface area contributed by atoms with Crippen LogP contribution in [0.4, 0.5) is 0 Å². The van der Waals surface area contributed by atoms with Gasteiger partial charge in [-0.1, -0.05) is 45.0 Å². The lowest BCUT2D eigenvalue weighted by Crippen LogP contribution is -1.93. The zero-order valence-corrected chi connectivity index (χ0v) is 12.8. The number of rotatable bonds is 4. The lowest BCUT2D eigenvalue weighted by Gasteiger charge is -1.95. The molecular weight excluding hydrogens is 344 g/mol. The zero-order chi connectivity index (χ0) is 13.9. The van der Waals surface area contributed by atoms with Crippen LogP contribution < -0.4 is 0 Å². The highest BCUT2D eigenvalue weighted by molar-refractivity contribution is 9.10. The Bertz CT molecular complexity index is 727. The number of hydrogen-bond donors (Lipinski definition) is 0. The second-order valence-corrected chi connectivity index (χ2v) is 5.75. The third-order valence-corrected chi connectivity index (χ3v) is 3.95. The van der Waals surface area contributed by atoms with E-state index in [-0.39, 0.29) is 0 Å². The summed E-state index contributed by atoms with van der Waals surface area (Å²) in [7, 11) is 1.78. The first-order valence-corrected chi connectivity index (χ1v) is 7.44. The molecule has 0 N–H and O–H groups in total. The fourth-order valence-corrected chi connectivity index (χ4v) is 2.61. The third-order valence-electron chi connectivity index (χ3n) is 2.46. The number of thioether (sulfide) groups is 1. The van der Waals surface area contributed by atoms with Gasteiger partial charge < -0.3 is 4.52 Å². The first-order valence-electron chi connectivity index (χ1n) is 5.66. The highest BCUT2D eigenvalue weighted by Crippen LogP contribution is 2.23. The van der Waals surface area contributed by atoms with Crippen molar-refractivity contribution in [2.75, 3.05) is 0 Å². The predicted octanol–water partition coefficient (Wildman–Crippen LogP) is 2.31. The van der Waals surface area contributed by atoms with Crippen molar-refractivity contribution in [3.8, 4) is 11.4 Å². The molecule has 0 spiro atoms. The van der Waals surface area contributed by atoms with Gasteiger partial charge in [-0.15, -0.1) is 5.10 Å². The maximum absolute atomic E-state index is 5.22. The minimum Gasteiger partial charge on any atom is -0.338 e. The lowest BCUT2D eigenvalue weighted by molar-refractivity contribution is 0.391. The van der Waals surface area contributed by atoms with Crippen molar-refractivity contribution in [3.63, 3.8) is 0 Å². The first kappa shape index (κ1) is 13.3. The van der Waals surface area contributed by atoms with Crippen LogP contribution in [-0.4, -0.2) is 30.3 Å². The summed E-state index contributed by atoms with van der Waals surface area (Å²) in [5.41, 5.74) is 0.903. The van der Waals surface area contributed by atoms with Crippen LogP contribution in [0.5, 0.6) is 0 Å². The Kier molecular flexibility index (Phi) is 3.79. The van der Waals surface area contributed by atoms with Crippen LogP contribution in [0.25, 0.3) is 11.4 Å². The molecule has 102 valence electrons.